The minimum atomic E-state index is -0.322. The van der Waals surface area contributed by atoms with E-state index in [1.165, 1.54) is 0 Å². The number of carbonyl (C=O) groups excluding carboxylic acids is 1. The van der Waals surface area contributed by atoms with Crippen LogP contribution in [0.3, 0.4) is 0 Å². The van der Waals surface area contributed by atoms with Gasteiger partial charge in [0.2, 0.25) is 0 Å². The van der Waals surface area contributed by atoms with E-state index in [9.17, 15) is 4.79 Å². The van der Waals surface area contributed by atoms with E-state index in [1.807, 2.05) is 6.92 Å². The third-order valence-corrected chi connectivity index (χ3v) is 1.96. The molecule has 15 heavy (non-hydrogen) atoms. The third-order valence-electron chi connectivity index (χ3n) is 1.70. The van der Waals surface area contributed by atoms with Gasteiger partial charge in [0.1, 0.15) is 0 Å². The van der Waals surface area contributed by atoms with Gasteiger partial charge in [0.25, 0.3) is 5.91 Å². The first-order valence-corrected chi connectivity index (χ1v) is 4.99. The number of benzene rings is 1. The smallest absolute Gasteiger partial charge is 0.279 e. The van der Waals surface area contributed by atoms with Gasteiger partial charge in [0, 0.05) is 17.5 Å². The largest absolute Gasteiger partial charge is 0.481 e. The van der Waals surface area contributed by atoms with E-state index in [0.717, 1.165) is 0 Å². The summed E-state index contributed by atoms with van der Waals surface area (Å²) < 4.78 is 5.06. The standard InChI is InChI=1S/C11H12ClNO2/c1-3-15-8(2)13-11(14)9-4-6-10(12)7-5-9/h4-7H,3H2,1-2H3/b13-8+. The second-order valence-electron chi connectivity index (χ2n) is 2.88. The van der Waals surface area contributed by atoms with E-state index in [0.29, 0.717) is 23.1 Å². The summed E-state index contributed by atoms with van der Waals surface area (Å²) in [4.78, 5) is 15.3. The van der Waals surface area contributed by atoms with Gasteiger partial charge in [-0.2, -0.15) is 4.99 Å². The Balaban J connectivity index is 2.77. The van der Waals surface area contributed by atoms with Crippen LogP contribution in [0.15, 0.2) is 29.3 Å². The summed E-state index contributed by atoms with van der Waals surface area (Å²) in [5.41, 5.74) is 0.499. The molecule has 4 heteroatoms. The van der Waals surface area contributed by atoms with Gasteiger partial charge in [-0.3, -0.25) is 4.79 Å². The van der Waals surface area contributed by atoms with Gasteiger partial charge in [-0.15, -0.1) is 0 Å². The molecule has 0 spiro atoms. The van der Waals surface area contributed by atoms with Crippen molar-refractivity contribution in [1.82, 2.24) is 0 Å². The van der Waals surface area contributed by atoms with Crippen LogP contribution < -0.4 is 0 Å². The average Bonchev–Trinajstić information content (AvgIpc) is 2.18. The Bertz CT molecular complexity index is 371. The zero-order valence-electron chi connectivity index (χ0n) is 8.66. The number of amides is 1. The van der Waals surface area contributed by atoms with Crippen molar-refractivity contribution in [2.24, 2.45) is 4.99 Å². The molecule has 80 valence electrons. The molecule has 1 rings (SSSR count). The Morgan fingerprint density at radius 1 is 1.40 bits per heavy atom. The molecule has 0 heterocycles. The second-order valence-corrected chi connectivity index (χ2v) is 3.31. The molecular formula is C11H12ClNO2. The first-order chi connectivity index (χ1) is 7.13. The van der Waals surface area contributed by atoms with Crippen LogP contribution in [-0.2, 0) is 4.74 Å². The highest BCUT2D eigenvalue weighted by Gasteiger charge is 2.04. The van der Waals surface area contributed by atoms with Gasteiger partial charge < -0.3 is 4.74 Å². The predicted molar refractivity (Wildman–Crippen MR) is 60.5 cm³/mol. The van der Waals surface area contributed by atoms with Crippen molar-refractivity contribution in [2.75, 3.05) is 6.61 Å². The lowest BCUT2D eigenvalue weighted by molar-refractivity contribution is 0.0999. The van der Waals surface area contributed by atoms with E-state index in [1.54, 1.807) is 31.2 Å². The molecule has 0 unspecified atom stereocenters. The van der Waals surface area contributed by atoms with Crippen LogP contribution in [-0.4, -0.2) is 18.4 Å². The van der Waals surface area contributed by atoms with E-state index >= 15 is 0 Å². The fourth-order valence-electron chi connectivity index (χ4n) is 1.04. The Morgan fingerprint density at radius 2 is 2.00 bits per heavy atom. The monoisotopic (exact) mass is 225 g/mol. The van der Waals surface area contributed by atoms with Gasteiger partial charge >= 0.3 is 0 Å². The van der Waals surface area contributed by atoms with Crippen LogP contribution in [0, 0.1) is 0 Å². The fourth-order valence-corrected chi connectivity index (χ4v) is 1.17. The molecule has 1 aromatic rings. The van der Waals surface area contributed by atoms with Gasteiger partial charge in [0.05, 0.1) is 6.61 Å². The molecule has 0 N–H and O–H groups in total. The maximum absolute atomic E-state index is 11.5. The molecule has 0 fully saturated rings. The SMILES string of the molecule is CCO/C(C)=N/C(=O)c1ccc(Cl)cc1. The normalized spacial score (nSPS) is 11.3. The molecule has 1 amide bonds. The van der Waals surface area contributed by atoms with E-state index in [2.05, 4.69) is 4.99 Å². The van der Waals surface area contributed by atoms with E-state index < -0.39 is 0 Å². The zero-order valence-corrected chi connectivity index (χ0v) is 9.41. The maximum Gasteiger partial charge on any atom is 0.279 e. The zero-order chi connectivity index (χ0) is 11.3. The Labute approximate surface area is 93.7 Å². The van der Waals surface area contributed by atoms with Gasteiger partial charge in [-0.25, -0.2) is 0 Å². The Hall–Kier alpha value is -1.35. The number of aliphatic imine (C=N–C) groups is 1. The van der Waals surface area contributed by atoms with E-state index in [-0.39, 0.29) is 5.91 Å². The lowest BCUT2D eigenvalue weighted by Crippen LogP contribution is -2.04. The summed E-state index contributed by atoms with van der Waals surface area (Å²) in [6, 6.07) is 6.57. The summed E-state index contributed by atoms with van der Waals surface area (Å²) in [7, 11) is 0. The summed E-state index contributed by atoms with van der Waals surface area (Å²) in [6.07, 6.45) is 0. The predicted octanol–water partition coefficient (Wildman–Crippen LogP) is 2.94. The Morgan fingerprint density at radius 3 is 2.53 bits per heavy atom. The van der Waals surface area contributed by atoms with Crippen LogP contribution in [0.2, 0.25) is 5.02 Å². The van der Waals surface area contributed by atoms with Gasteiger partial charge in [0.15, 0.2) is 5.90 Å². The molecule has 0 bridgehead atoms. The van der Waals surface area contributed by atoms with Crippen molar-refractivity contribution in [1.29, 1.82) is 0 Å². The highest BCUT2D eigenvalue weighted by atomic mass is 35.5. The third kappa shape index (κ3) is 3.72. The van der Waals surface area contributed by atoms with Crippen molar-refractivity contribution in [3.8, 4) is 0 Å². The summed E-state index contributed by atoms with van der Waals surface area (Å²) in [5.74, 6) is 0.0510. The second kappa shape index (κ2) is 5.51. The molecule has 0 atom stereocenters. The fraction of sp³-hybridized carbons (Fsp3) is 0.273. The molecule has 0 radical (unpaired) electrons. The molecule has 0 aliphatic heterocycles. The molecule has 0 aliphatic carbocycles. The van der Waals surface area contributed by atoms with Crippen LogP contribution in [0.25, 0.3) is 0 Å². The lowest BCUT2D eigenvalue weighted by atomic mass is 10.2. The number of rotatable bonds is 2. The molecule has 0 saturated heterocycles. The molecule has 3 nitrogen and oxygen atoms in total. The summed E-state index contributed by atoms with van der Waals surface area (Å²) in [5, 5.41) is 0.594. The topological polar surface area (TPSA) is 38.7 Å². The van der Waals surface area contributed by atoms with Crippen molar-refractivity contribution in [2.45, 2.75) is 13.8 Å². The van der Waals surface area contributed by atoms with Crippen LogP contribution >= 0.6 is 11.6 Å². The molecular weight excluding hydrogens is 214 g/mol. The van der Waals surface area contributed by atoms with Gasteiger partial charge in [-0.05, 0) is 31.2 Å². The molecule has 1 aromatic carbocycles. The number of hydrogen-bond donors (Lipinski definition) is 0. The van der Waals surface area contributed by atoms with Crippen LogP contribution in [0.4, 0.5) is 0 Å². The number of carbonyl (C=O) groups is 1. The first kappa shape index (κ1) is 11.7. The number of hydrogen-bond acceptors (Lipinski definition) is 2. The average molecular weight is 226 g/mol. The quantitative estimate of drug-likeness (QED) is 0.573. The highest BCUT2D eigenvalue weighted by molar-refractivity contribution is 6.30. The first-order valence-electron chi connectivity index (χ1n) is 4.61. The Kier molecular flexibility index (Phi) is 4.31. The molecule has 0 saturated carbocycles. The summed E-state index contributed by atoms with van der Waals surface area (Å²) in [6.45, 7) is 3.99. The van der Waals surface area contributed by atoms with E-state index in [4.69, 9.17) is 16.3 Å². The van der Waals surface area contributed by atoms with Gasteiger partial charge in [-0.1, -0.05) is 11.6 Å². The van der Waals surface area contributed by atoms with Crippen molar-refractivity contribution < 1.29 is 9.53 Å². The molecule has 0 aromatic heterocycles. The van der Waals surface area contributed by atoms with Crippen LogP contribution in [0.1, 0.15) is 24.2 Å². The minimum Gasteiger partial charge on any atom is -0.481 e. The minimum absolute atomic E-state index is 0.322. The lowest BCUT2D eigenvalue weighted by Gasteiger charge is -2.00. The summed E-state index contributed by atoms with van der Waals surface area (Å²) >= 11 is 5.70. The van der Waals surface area contributed by atoms with Crippen LogP contribution in [0.5, 0.6) is 0 Å². The van der Waals surface area contributed by atoms with Crippen molar-refractivity contribution in [3.63, 3.8) is 0 Å². The number of ether oxygens (including phenoxy) is 1. The highest BCUT2D eigenvalue weighted by Crippen LogP contribution is 2.10. The number of halogens is 1. The van der Waals surface area contributed by atoms with Crippen molar-refractivity contribution in [3.05, 3.63) is 34.9 Å². The number of nitrogens with zero attached hydrogens (tertiary/aromatic N) is 1. The maximum atomic E-state index is 11.5. The molecule has 0 aliphatic rings. The van der Waals surface area contributed by atoms with Crippen molar-refractivity contribution >= 4 is 23.4 Å².